The van der Waals surface area contributed by atoms with Crippen molar-refractivity contribution in [3.05, 3.63) is 23.8 Å². The van der Waals surface area contributed by atoms with E-state index >= 15 is 0 Å². The molecular formula is C22H30N2O6. The number of carbonyl (C=O) groups excluding carboxylic acids is 2. The van der Waals surface area contributed by atoms with Gasteiger partial charge in [0.25, 0.3) is 0 Å². The van der Waals surface area contributed by atoms with Crippen molar-refractivity contribution >= 4 is 17.5 Å². The number of methoxy groups -OCH3 is 1. The minimum absolute atomic E-state index is 0.00299. The van der Waals surface area contributed by atoms with Gasteiger partial charge in [0, 0.05) is 36.7 Å². The molecule has 3 N–H and O–H groups in total. The molecule has 4 rings (SSSR count). The van der Waals surface area contributed by atoms with Crippen molar-refractivity contribution in [2.45, 2.75) is 56.3 Å². The third kappa shape index (κ3) is 4.45. The second kappa shape index (κ2) is 9.32. The molecule has 0 unspecified atom stereocenters. The first-order valence-electron chi connectivity index (χ1n) is 10.7. The molecule has 1 aromatic rings. The number of hydrogen-bond acceptors (Lipinski definition) is 6. The first-order chi connectivity index (χ1) is 14.6. The summed E-state index contributed by atoms with van der Waals surface area (Å²) in [5.74, 6) is 0.836. The molecule has 1 aromatic carbocycles. The van der Waals surface area contributed by atoms with E-state index in [1.165, 1.54) is 0 Å². The lowest BCUT2D eigenvalue weighted by Crippen LogP contribution is -2.47. The number of benzene rings is 1. The summed E-state index contributed by atoms with van der Waals surface area (Å²) in [6.45, 7) is 0.730. The third-order valence-corrected chi connectivity index (χ3v) is 6.28. The van der Waals surface area contributed by atoms with Crippen LogP contribution in [0.3, 0.4) is 0 Å². The lowest BCUT2D eigenvalue weighted by atomic mass is 9.83. The molecule has 164 valence electrons. The van der Waals surface area contributed by atoms with E-state index in [0.29, 0.717) is 19.6 Å². The average molecular weight is 418 g/mol. The highest BCUT2D eigenvalue weighted by Gasteiger charge is 2.46. The number of fused-ring (bicyclic) bond motifs is 3. The molecule has 3 aliphatic rings. The first kappa shape index (κ1) is 21.1. The highest BCUT2D eigenvalue weighted by molar-refractivity contribution is 5.93. The van der Waals surface area contributed by atoms with Gasteiger partial charge in [-0.05, 0) is 37.5 Å². The van der Waals surface area contributed by atoms with Crippen LogP contribution in [0.15, 0.2) is 18.2 Å². The number of ether oxygens (including phenoxy) is 3. The maximum atomic E-state index is 12.3. The van der Waals surface area contributed by atoms with Gasteiger partial charge in [0.05, 0.1) is 25.7 Å². The maximum absolute atomic E-state index is 12.3. The van der Waals surface area contributed by atoms with Crippen molar-refractivity contribution in [2.75, 3.05) is 32.2 Å². The summed E-state index contributed by atoms with van der Waals surface area (Å²) in [6.07, 6.45) is 2.75. The zero-order valence-electron chi connectivity index (χ0n) is 17.3. The fourth-order valence-electron chi connectivity index (χ4n) is 4.45. The average Bonchev–Trinajstić information content (AvgIpc) is 3.04. The van der Waals surface area contributed by atoms with Crippen LogP contribution in [0.25, 0.3) is 0 Å². The molecular weight excluding hydrogens is 388 g/mol. The molecule has 1 saturated carbocycles. The zero-order valence-corrected chi connectivity index (χ0v) is 17.3. The van der Waals surface area contributed by atoms with Crippen LogP contribution in [0.4, 0.5) is 5.69 Å². The summed E-state index contributed by atoms with van der Waals surface area (Å²) < 4.78 is 17.0. The monoisotopic (exact) mass is 418 g/mol. The lowest BCUT2D eigenvalue weighted by Gasteiger charge is -2.37. The van der Waals surface area contributed by atoms with E-state index in [-0.39, 0.29) is 48.9 Å². The van der Waals surface area contributed by atoms with Gasteiger partial charge in [-0.3, -0.25) is 9.59 Å². The van der Waals surface area contributed by atoms with E-state index in [1.54, 1.807) is 7.11 Å². The highest BCUT2D eigenvalue weighted by Crippen LogP contribution is 2.47. The standard InChI is InChI=1S/C22H30N2O6/c1-28-8-7-23-20(26)11-15-10-17-16-9-14(24-22(27)13-3-2-4-13)5-6-18(16)30-21(17)19(12-25)29-15/h5-6,9,13,15,17,19,21,25H,2-4,7-8,10-12H2,1H3,(H,23,26)(H,24,27)/t15-,17+,19+,21-/m0/s1. The van der Waals surface area contributed by atoms with E-state index in [1.807, 2.05) is 18.2 Å². The Balaban J connectivity index is 1.44. The van der Waals surface area contributed by atoms with Crippen LogP contribution in [0.2, 0.25) is 0 Å². The smallest absolute Gasteiger partial charge is 0.227 e. The number of aliphatic hydroxyl groups excluding tert-OH is 1. The number of anilines is 1. The quantitative estimate of drug-likeness (QED) is 0.554. The van der Waals surface area contributed by atoms with E-state index < -0.39 is 6.10 Å². The van der Waals surface area contributed by atoms with Gasteiger partial charge in [-0.2, -0.15) is 0 Å². The van der Waals surface area contributed by atoms with Crippen LogP contribution < -0.4 is 15.4 Å². The van der Waals surface area contributed by atoms with E-state index in [2.05, 4.69) is 10.6 Å². The molecule has 0 spiro atoms. The van der Waals surface area contributed by atoms with Crippen molar-refractivity contribution in [2.24, 2.45) is 5.92 Å². The molecule has 0 bridgehead atoms. The Hall–Kier alpha value is -2.16. The topological polar surface area (TPSA) is 106 Å². The largest absolute Gasteiger partial charge is 0.487 e. The molecule has 1 aliphatic carbocycles. The van der Waals surface area contributed by atoms with Crippen LogP contribution in [-0.2, 0) is 19.1 Å². The van der Waals surface area contributed by atoms with Gasteiger partial charge < -0.3 is 30.0 Å². The molecule has 30 heavy (non-hydrogen) atoms. The van der Waals surface area contributed by atoms with Crippen molar-refractivity contribution < 1.29 is 28.9 Å². The number of nitrogens with one attached hydrogen (secondary N) is 2. The number of hydrogen-bond donors (Lipinski definition) is 3. The molecule has 0 radical (unpaired) electrons. The fraction of sp³-hybridized carbons (Fsp3) is 0.636. The molecule has 2 aliphatic heterocycles. The Kier molecular flexibility index (Phi) is 6.55. The van der Waals surface area contributed by atoms with Crippen LogP contribution in [0.1, 0.15) is 43.6 Å². The summed E-state index contributed by atoms with van der Waals surface area (Å²) >= 11 is 0. The Morgan fingerprint density at radius 3 is 2.83 bits per heavy atom. The molecule has 2 heterocycles. The number of aliphatic hydroxyl groups is 1. The molecule has 1 saturated heterocycles. The van der Waals surface area contributed by atoms with Crippen LogP contribution in [0.5, 0.6) is 5.75 Å². The summed E-state index contributed by atoms with van der Waals surface area (Å²) in [7, 11) is 1.59. The molecule has 8 nitrogen and oxygen atoms in total. The number of amides is 2. The zero-order chi connectivity index (χ0) is 21.1. The summed E-state index contributed by atoms with van der Waals surface area (Å²) in [5.41, 5.74) is 1.76. The normalized spacial score (nSPS) is 27.4. The molecule has 2 fully saturated rings. The second-order valence-electron chi connectivity index (χ2n) is 8.32. The second-order valence-corrected chi connectivity index (χ2v) is 8.32. The van der Waals surface area contributed by atoms with Gasteiger partial charge in [0.1, 0.15) is 18.0 Å². The maximum Gasteiger partial charge on any atom is 0.227 e. The van der Waals surface area contributed by atoms with Crippen LogP contribution in [0, 0.1) is 5.92 Å². The molecule has 4 atom stereocenters. The van der Waals surface area contributed by atoms with Gasteiger partial charge in [-0.15, -0.1) is 0 Å². The van der Waals surface area contributed by atoms with Crippen LogP contribution in [-0.4, -0.2) is 62.1 Å². The fourth-order valence-corrected chi connectivity index (χ4v) is 4.45. The van der Waals surface area contributed by atoms with Gasteiger partial charge in [-0.25, -0.2) is 0 Å². The Bertz CT molecular complexity index is 781. The van der Waals surface area contributed by atoms with Gasteiger partial charge in [0.2, 0.25) is 11.8 Å². The minimum Gasteiger partial charge on any atom is -0.487 e. The Labute approximate surface area is 176 Å². The van der Waals surface area contributed by atoms with E-state index in [4.69, 9.17) is 14.2 Å². The molecule has 0 aromatic heterocycles. The number of carbonyl (C=O) groups is 2. The predicted octanol–water partition coefficient (Wildman–Crippen LogP) is 1.57. The summed E-state index contributed by atoms with van der Waals surface area (Å²) in [5, 5.41) is 15.7. The number of rotatable bonds is 8. The van der Waals surface area contributed by atoms with Gasteiger partial charge >= 0.3 is 0 Å². The van der Waals surface area contributed by atoms with E-state index in [9.17, 15) is 14.7 Å². The highest BCUT2D eigenvalue weighted by atomic mass is 16.6. The predicted molar refractivity (Wildman–Crippen MR) is 109 cm³/mol. The first-order valence-corrected chi connectivity index (χ1v) is 10.7. The molecule has 2 amide bonds. The molecule has 8 heteroatoms. The summed E-state index contributed by atoms with van der Waals surface area (Å²) in [6, 6.07) is 5.68. The van der Waals surface area contributed by atoms with Crippen molar-refractivity contribution in [1.82, 2.24) is 5.32 Å². The van der Waals surface area contributed by atoms with E-state index in [0.717, 1.165) is 36.3 Å². The van der Waals surface area contributed by atoms with Gasteiger partial charge in [-0.1, -0.05) is 6.42 Å². The Morgan fingerprint density at radius 1 is 1.30 bits per heavy atom. The summed E-state index contributed by atoms with van der Waals surface area (Å²) in [4.78, 5) is 24.5. The van der Waals surface area contributed by atoms with Crippen LogP contribution >= 0.6 is 0 Å². The minimum atomic E-state index is -0.499. The lowest BCUT2D eigenvalue weighted by molar-refractivity contribution is -0.142. The van der Waals surface area contributed by atoms with Crippen molar-refractivity contribution in [3.8, 4) is 5.75 Å². The van der Waals surface area contributed by atoms with Crippen molar-refractivity contribution in [3.63, 3.8) is 0 Å². The Morgan fingerprint density at radius 2 is 2.13 bits per heavy atom. The third-order valence-electron chi connectivity index (χ3n) is 6.28. The van der Waals surface area contributed by atoms with Crippen molar-refractivity contribution in [1.29, 1.82) is 0 Å². The van der Waals surface area contributed by atoms with Gasteiger partial charge in [0.15, 0.2) is 0 Å². The SMILES string of the molecule is COCCNC(=O)C[C@@H]1C[C@@H]2c3cc(NC(=O)C4CCC4)ccc3O[C@@H]2[C@@H](CO)O1.